The van der Waals surface area contributed by atoms with E-state index in [1.54, 1.807) is 0 Å². The average Bonchev–Trinajstić information content (AvgIpc) is 2.40. The van der Waals surface area contributed by atoms with Crippen molar-refractivity contribution in [3.05, 3.63) is 28.2 Å². The van der Waals surface area contributed by atoms with Gasteiger partial charge in [-0.05, 0) is 18.2 Å². The van der Waals surface area contributed by atoms with Crippen molar-refractivity contribution in [1.82, 2.24) is 4.90 Å². The van der Waals surface area contributed by atoms with Crippen molar-refractivity contribution in [2.45, 2.75) is 31.0 Å². The first-order valence-corrected chi connectivity index (χ1v) is 7.43. The predicted octanol–water partition coefficient (Wildman–Crippen LogP) is 2.78. The lowest BCUT2D eigenvalue weighted by Gasteiger charge is -2.45. The van der Waals surface area contributed by atoms with Crippen LogP contribution in [-0.2, 0) is 0 Å². The number of hydrogen-bond acceptors (Lipinski definition) is 3. The van der Waals surface area contributed by atoms with E-state index in [0.717, 1.165) is 10.0 Å². The van der Waals surface area contributed by atoms with E-state index in [0.29, 0.717) is 38.1 Å². The van der Waals surface area contributed by atoms with Gasteiger partial charge in [0.2, 0.25) is 0 Å². The van der Waals surface area contributed by atoms with Crippen molar-refractivity contribution in [2.24, 2.45) is 0 Å². The van der Waals surface area contributed by atoms with Crippen LogP contribution in [-0.4, -0.2) is 39.9 Å². The Bertz CT molecular complexity index is 540. The Morgan fingerprint density at radius 1 is 1.40 bits per heavy atom. The maximum atomic E-state index is 11.0. The summed E-state index contributed by atoms with van der Waals surface area (Å²) in [5, 5.41) is 19.3. The molecule has 0 radical (unpaired) electrons. The molecule has 5 nitrogen and oxygen atoms in total. The zero-order chi connectivity index (χ0) is 14.3. The van der Waals surface area contributed by atoms with Gasteiger partial charge in [0.1, 0.15) is 11.4 Å². The molecule has 0 aromatic heterocycles. The molecule has 20 heavy (non-hydrogen) atoms. The molecule has 1 fully saturated rings. The number of carbonyl (C=O) groups is 1. The summed E-state index contributed by atoms with van der Waals surface area (Å²) in [4.78, 5) is 12.4. The fraction of sp³-hybridized carbons (Fsp3) is 0.500. The highest BCUT2D eigenvalue weighted by molar-refractivity contribution is 9.10. The van der Waals surface area contributed by atoms with Crippen LogP contribution in [0.2, 0.25) is 0 Å². The van der Waals surface area contributed by atoms with Crippen LogP contribution >= 0.6 is 15.9 Å². The second kappa shape index (κ2) is 4.93. The van der Waals surface area contributed by atoms with Crippen LogP contribution in [0, 0.1) is 0 Å². The topological polar surface area (TPSA) is 70.0 Å². The van der Waals surface area contributed by atoms with E-state index in [4.69, 9.17) is 9.84 Å². The molecular formula is C14H16BrNO4. The van der Waals surface area contributed by atoms with Gasteiger partial charge < -0.3 is 19.8 Å². The number of likely N-dealkylation sites (tertiary alicyclic amines) is 1. The molecule has 1 spiro atoms. The van der Waals surface area contributed by atoms with Gasteiger partial charge in [0.25, 0.3) is 0 Å². The second-order valence-corrected chi connectivity index (χ2v) is 6.37. The molecular weight excluding hydrogens is 326 g/mol. The summed E-state index contributed by atoms with van der Waals surface area (Å²) in [6.07, 6.45) is 0.301. The van der Waals surface area contributed by atoms with E-state index in [9.17, 15) is 9.90 Å². The van der Waals surface area contributed by atoms with Crippen molar-refractivity contribution in [1.29, 1.82) is 0 Å². The van der Waals surface area contributed by atoms with Crippen LogP contribution in [0.1, 0.15) is 30.9 Å². The molecule has 0 bridgehead atoms. The summed E-state index contributed by atoms with van der Waals surface area (Å²) in [5.74, 6) is 0.704. The van der Waals surface area contributed by atoms with Gasteiger partial charge in [0.15, 0.2) is 0 Å². The Labute approximate surface area is 125 Å². The van der Waals surface area contributed by atoms with Gasteiger partial charge in [-0.3, -0.25) is 0 Å². The van der Waals surface area contributed by atoms with Crippen LogP contribution < -0.4 is 4.74 Å². The Morgan fingerprint density at radius 2 is 2.10 bits per heavy atom. The fourth-order valence-corrected chi connectivity index (χ4v) is 3.40. The molecule has 1 amide bonds. The van der Waals surface area contributed by atoms with Crippen LogP contribution in [0.25, 0.3) is 0 Å². The van der Waals surface area contributed by atoms with Crippen molar-refractivity contribution in [3.63, 3.8) is 0 Å². The van der Waals surface area contributed by atoms with Crippen LogP contribution in [0.3, 0.4) is 0 Å². The van der Waals surface area contributed by atoms with Gasteiger partial charge in [-0.15, -0.1) is 0 Å². The fourth-order valence-electron chi connectivity index (χ4n) is 3.02. The quantitative estimate of drug-likeness (QED) is 0.761. The normalized spacial score (nSPS) is 24.1. The number of fused-ring (bicyclic) bond motifs is 1. The zero-order valence-corrected chi connectivity index (χ0v) is 12.5. The highest BCUT2D eigenvalue weighted by atomic mass is 79.9. The number of aliphatic hydroxyl groups excluding tert-OH is 1. The highest BCUT2D eigenvalue weighted by Crippen LogP contribution is 2.44. The largest absolute Gasteiger partial charge is 0.487 e. The van der Waals surface area contributed by atoms with Crippen molar-refractivity contribution >= 4 is 22.0 Å². The molecule has 1 aromatic carbocycles. The smallest absolute Gasteiger partial charge is 0.407 e. The van der Waals surface area contributed by atoms with E-state index < -0.39 is 17.8 Å². The summed E-state index contributed by atoms with van der Waals surface area (Å²) < 4.78 is 7.03. The number of benzene rings is 1. The Morgan fingerprint density at radius 3 is 2.75 bits per heavy atom. The molecule has 1 unspecified atom stereocenters. The summed E-state index contributed by atoms with van der Waals surface area (Å²) in [6.45, 7) is 0.905. The summed E-state index contributed by atoms with van der Waals surface area (Å²) in [5.41, 5.74) is 0.359. The number of hydrogen-bond donors (Lipinski definition) is 2. The van der Waals surface area contributed by atoms with E-state index in [2.05, 4.69) is 15.9 Å². The van der Waals surface area contributed by atoms with Crippen molar-refractivity contribution < 1.29 is 19.7 Å². The summed E-state index contributed by atoms with van der Waals surface area (Å²) >= 11 is 3.39. The van der Waals surface area contributed by atoms with Gasteiger partial charge in [-0.1, -0.05) is 15.9 Å². The Kier molecular flexibility index (Phi) is 3.38. The standard InChI is InChI=1S/C14H16BrNO4/c15-9-1-2-12-10(7-9)11(17)8-14(20-12)3-5-16(6-4-14)13(18)19/h1-2,7,11,17H,3-6,8H2,(H,18,19). The third kappa shape index (κ3) is 2.38. The van der Waals surface area contributed by atoms with Crippen molar-refractivity contribution in [2.75, 3.05) is 13.1 Å². The molecule has 0 aliphatic carbocycles. The monoisotopic (exact) mass is 341 g/mol. The lowest BCUT2D eigenvalue weighted by Crippen LogP contribution is -2.51. The van der Waals surface area contributed by atoms with E-state index in [1.807, 2.05) is 18.2 Å². The number of ether oxygens (including phenoxy) is 1. The number of carboxylic acid groups (broad SMARTS) is 1. The first kappa shape index (κ1) is 13.7. The van der Waals surface area contributed by atoms with E-state index >= 15 is 0 Å². The van der Waals surface area contributed by atoms with Gasteiger partial charge in [0, 0.05) is 42.4 Å². The Balaban J connectivity index is 1.81. The van der Waals surface area contributed by atoms with Gasteiger partial charge in [-0.2, -0.15) is 0 Å². The third-order valence-electron chi connectivity index (χ3n) is 4.17. The first-order valence-electron chi connectivity index (χ1n) is 6.63. The van der Waals surface area contributed by atoms with Gasteiger partial charge in [-0.25, -0.2) is 4.79 Å². The minimum absolute atomic E-state index is 0.438. The second-order valence-electron chi connectivity index (χ2n) is 5.46. The minimum Gasteiger partial charge on any atom is -0.487 e. The number of nitrogens with zero attached hydrogens (tertiary/aromatic N) is 1. The molecule has 2 aliphatic rings. The molecule has 0 saturated carbocycles. The first-order chi connectivity index (χ1) is 9.49. The van der Waals surface area contributed by atoms with E-state index in [1.165, 1.54) is 4.90 Å². The maximum absolute atomic E-state index is 11.0. The molecule has 1 saturated heterocycles. The lowest BCUT2D eigenvalue weighted by molar-refractivity contribution is -0.0502. The molecule has 2 N–H and O–H groups in total. The van der Waals surface area contributed by atoms with Gasteiger partial charge >= 0.3 is 6.09 Å². The number of rotatable bonds is 0. The average molecular weight is 342 g/mol. The molecule has 3 rings (SSSR count). The summed E-state index contributed by atoms with van der Waals surface area (Å²) in [7, 11) is 0. The summed E-state index contributed by atoms with van der Waals surface area (Å²) in [6, 6.07) is 5.61. The number of halogens is 1. The molecule has 1 aromatic rings. The van der Waals surface area contributed by atoms with Crippen LogP contribution in [0.5, 0.6) is 5.75 Å². The lowest BCUT2D eigenvalue weighted by atomic mass is 9.82. The minimum atomic E-state index is -0.888. The predicted molar refractivity (Wildman–Crippen MR) is 75.9 cm³/mol. The number of amides is 1. The molecule has 108 valence electrons. The molecule has 1 atom stereocenters. The zero-order valence-electron chi connectivity index (χ0n) is 10.9. The molecule has 2 heterocycles. The number of piperidine rings is 1. The van der Waals surface area contributed by atoms with E-state index in [-0.39, 0.29) is 0 Å². The maximum Gasteiger partial charge on any atom is 0.407 e. The molecule has 2 aliphatic heterocycles. The Hall–Kier alpha value is -1.27. The third-order valence-corrected chi connectivity index (χ3v) is 4.66. The number of aliphatic hydroxyl groups is 1. The highest BCUT2D eigenvalue weighted by Gasteiger charge is 2.43. The van der Waals surface area contributed by atoms with Gasteiger partial charge in [0.05, 0.1) is 6.10 Å². The molecule has 6 heteroatoms. The van der Waals surface area contributed by atoms with Crippen molar-refractivity contribution in [3.8, 4) is 5.75 Å². The van der Waals surface area contributed by atoms with Crippen LogP contribution in [0.4, 0.5) is 4.79 Å². The SMILES string of the molecule is O=C(O)N1CCC2(CC1)CC(O)c1cc(Br)ccc1O2. The van der Waals surface area contributed by atoms with Crippen LogP contribution in [0.15, 0.2) is 22.7 Å².